The summed E-state index contributed by atoms with van der Waals surface area (Å²) in [7, 11) is -4.24. The number of hydrogen-bond acceptors (Lipinski definition) is 4. The molecule has 0 unspecified atom stereocenters. The number of furan rings is 1. The standard InChI is InChI=1S/C11H7BrF3NO4S/c12-11-9(3-6(4-17)20-11)21(18,19)16-5-1-7(13)10(15)8(14)2-5/h1-3,16-17H,4H2. The van der Waals surface area contributed by atoms with Gasteiger partial charge in [0.25, 0.3) is 10.0 Å². The van der Waals surface area contributed by atoms with Crippen LogP contribution in [0.25, 0.3) is 0 Å². The number of aliphatic hydroxyl groups excluding tert-OH is 1. The molecule has 1 aromatic heterocycles. The summed E-state index contributed by atoms with van der Waals surface area (Å²) in [5.74, 6) is -4.80. The Morgan fingerprint density at radius 2 is 1.76 bits per heavy atom. The van der Waals surface area contributed by atoms with Gasteiger partial charge in [0.05, 0.1) is 5.69 Å². The van der Waals surface area contributed by atoms with Crippen molar-refractivity contribution in [2.75, 3.05) is 4.72 Å². The van der Waals surface area contributed by atoms with Crippen LogP contribution in [-0.2, 0) is 16.6 Å². The Labute approximate surface area is 125 Å². The lowest BCUT2D eigenvalue weighted by molar-refractivity contribution is 0.245. The van der Waals surface area contributed by atoms with Crippen molar-refractivity contribution in [2.24, 2.45) is 0 Å². The number of halogens is 4. The van der Waals surface area contributed by atoms with Crippen molar-refractivity contribution >= 4 is 31.6 Å². The van der Waals surface area contributed by atoms with Gasteiger partial charge in [-0.1, -0.05) is 0 Å². The Hall–Kier alpha value is -1.52. The molecular formula is C11H7BrF3NO4S. The molecule has 0 aliphatic rings. The molecule has 0 aliphatic heterocycles. The van der Waals surface area contributed by atoms with E-state index in [2.05, 4.69) is 15.9 Å². The molecule has 0 amide bonds. The second kappa shape index (κ2) is 5.70. The molecule has 2 rings (SSSR count). The van der Waals surface area contributed by atoms with E-state index in [-0.39, 0.29) is 15.3 Å². The van der Waals surface area contributed by atoms with Crippen LogP contribution in [-0.4, -0.2) is 13.5 Å². The molecule has 114 valence electrons. The summed E-state index contributed by atoms with van der Waals surface area (Å²) in [6, 6.07) is 2.02. The monoisotopic (exact) mass is 385 g/mol. The fourth-order valence-corrected chi connectivity index (χ4v) is 3.52. The zero-order valence-electron chi connectivity index (χ0n) is 10.0. The van der Waals surface area contributed by atoms with Crippen molar-refractivity contribution in [1.82, 2.24) is 0 Å². The Balaban J connectivity index is 2.39. The van der Waals surface area contributed by atoms with E-state index in [4.69, 9.17) is 9.52 Å². The predicted molar refractivity (Wildman–Crippen MR) is 69.5 cm³/mol. The van der Waals surface area contributed by atoms with Crippen molar-refractivity contribution in [3.8, 4) is 0 Å². The molecule has 21 heavy (non-hydrogen) atoms. The summed E-state index contributed by atoms with van der Waals surface area (Å²) in [5.41, 5.74) is -0.495. The zero-order chi connectivity index (χ0) is 15.8. The van der Waals surface area contributed by atoms with Gasteiger partial charge in [0.2, 0.25) is 0 Å². The molecule has 1 aromatic carbocycles. The van der Waals surface area contributed by atoms with E-state index in [0.29, 0.717) is 12.1 Å². The van der Waals surface area contributed by atoms with Crippen molar-refractivity contribution in [3.05, 3.63) is 46.1 Å². The van der Waals surface area contributed by atoms with Crippen LogP contribution in [0.1, 0.15) is 5.76 Å². The Morgan fingerprint density at radius 1 is 1.19 bits per heavy atom. The molecule has 10 heteroatoms. The van der Waals surface area contributed by atoms with Crippen LogP contribution in [0.4, 0.5) is 18.9 Å². The number of hydrogen-bond donors (Lipinski definition) is 2. The first-order chi connectivity index (χ1) is 9.74. The molecule has 0 saturated heterocycles. The maximum absolute atomic E-state index is 13.0. The van der Waals surface area contributed by atoms with Crippen LogP contribution in [0.5, 0.6) is 0 Å². The molecule has 0 aliphatic carbocycles. The van der Waals surface area contributed by atoms with Crippen LogP contribution >= 0.6 is 15.9 Å². The molecule has 0 saturated carbocycles. The van der Waals surface area contributed by atoms with Crippen molar-refractivity contribution < 1.29 is 31.1 Å². The van der Waals surface area contributed by atoms with Gasteiger partial charge in [0, 0.05) is 18.2 Å². The maximum atomic E-state index is 13.0. The van der Waals surface area contributed by atoms with Crippen molar-refractivity contribution in [3.63, 3.8) is 0 Å². The Bertz CT molecular complexity index is 768. The number of nitrogens with one attached hydrogen (secondary N) is 1. The predicted octanol–water partition coefficient (Wildman–Crippen LogP) is 2.75. The summed E-state index contributed by atoms with van der Waals surface area (Å²) >= 11 is 2.84. The Kier molecular flexibility index (Phi) is 4.30. The average Bonchev–Trinajstić information content (AvgIpc) is 2.77. The van der Waals surface area contributed by atoms with E-state index < -0.39 is 39.8 Å². The van der Waals surface area contributed by atoms with Gasteiger partial charge < -0.3 is 9.52 Å². The van der Waals surface area contributed by atoms with Gasteiger partial charge in [-0.25, -0.2) is 21.6 Å². The normalized spacial score (nSPS) is 11.7. The highest BCUT2D eigenvalue weighted by molar-refractivity contribution is 9.10. The third-order valence-corrected chi connectivity index (χ3v) is 4.63. The van der Waals surface area contributed by atoms with E-state index in [1.807, 2.05) is 4.72 Å². The van der Waals surface area contributed by atoms with Crippen LogP contribution in [0.15, 0.2) is 32.2 Å². The van der Waals surface area contributed by atoms with E-state index in [9.17, 15) is 21.6 Å². The number of aliphatic hydroxyl groups is 1. The minimum Gasteiger partial charge on any atom is -0.450 e. The minimum atomic E-state index is -4.24. The first kappa shape index (κ1) is 15.9. The summed E-state index contributed by atoms with van der Waals surface area (Å²) < 4.78 is 69.5. The molecule has 0 radical (unpaired) electrons. The van der Waals surface area contributed by atoms with Gasteiger partial charge in [-0.2, -0.15) is 0 Å². The third kappa shape index (κ3) is 3.22. The molecule has 0 atom stereocenters. The minimum absolute atomic E-state index is 0.0290. The second-order valence-corrected chi connectivity index (χ2v) is 6.24. The topological polar surface area (TPSA) is 79.5 Å². The van der Waals surface area contributed by atoms with E-state index in [1.165, 1.54) is 0 Å². The Morgan fingerprint density at radius 3 is 2.24 bits per heavy atom. The van der Waals surface area contributed by atoms with Gasteiger partial charge >= 0.3 is 0 Å². The highest BCUT2D eigenvalue weighted by Gasteiger charge is 2.23. The summed E-state index contributed by atoms with van der Waals surface area (Å²) in [5, 5.41) is 8.86. The molecule has 2 N–H and O–H groups in total. The second-order valence-electron chi connectivity index (χ2n) is 3.87. The number of anilines is 1. The average molecular weight is 386 g/mol. The molecule has 0 bridgehead atoms. The molecule has 0 spiro atoms. The van der Waals surface area contributed by atoms with E-state index in [0.717, 1.165) is 6.07 Å². The zero-order valence-corrected chi connectivity index (χ0v) is 12.4. The quantitative estimate of drug-likeness (QED) is 0.793. The van der Waals surface area contributed by atoms with Gasteiger partial charge in [-0.05, 0) is 15.9 Å². The SMILES string of the molecule is O=S(=O)(Nc1cc(F)c(F)c(F)c1)c1cc(CO)oc1Br. The smallest absolute Gasteiger partial charge is 0.266 e. The lowest BCUT2D eigenvalue weighted by Gasteiger charge is -2.07. The van der Waals surface area contributed by atoms with Crippen molar-refractivity contribution in [2.45, 2.75) is 11.5 Å². The van der Waals surface area contributed by atoms with Crippen LogP contribution in [0.2, 0.25) is 0 Å². The maximum Gasteiger partial charge on any atom is 0.266 e. The van der Waals surface area contributed by atoms with Gasteiger partial charge in [-0.15, -0.1) is 0 Å². The lowest BCUT2D eigenvalue weighted by atomic mass is 10.3. The molecular weight excluding hydrogens is 379 g/mol. The van der Waals surface area contributed by atoms with Crippen LogP contribution in [0.3, 0.4) is 0 Å². The summed E-state index contributed by atoms with van der Waals surface area (Å²) in [4.78, 5) is -0.378. The molecule has 5 nitrogen and oxygen atoms in total. The molecule has 1 heterocycles. The van der Waals surface area contributed by atoms with Crippen LogP contribution < -0.4 is 4.72 Å². The van der Waals surface area contributed by atoms with E-state index >= 15 is 0 Å². The molecule has 2 aromatic rings. The van der Waals surface area contributed by atoms with Gasteiger partial charge in [-0.3, -0.25) is 4.72 Å². The molecule has 0 fully saturated rings. The number of benzene rings is 1. The fraction of sp³-hybridized carbons (Fsp3) is 0.0909. The van der Waals surface area contributed by atoms with Crippen LogP contribution in [0, 0.1) is 17.5 Å². The fourth-order valence-electron chi connectivity index (χ4n) is 1.48. The number of sulfonamides is 1. The highest BCUT2D eigenvalue weighted by Crippen LogP contribution is 2.28. The third-order valence-electron chi connectivity index (χ3n) is 2.39. The lowest BCUT2D eigenvalue weighted by Crippen LogP contribution is -2.13. The largest absolute Gasteiger partial charge is 0.450 e. The first-order valence-corrected chi connectivity index (χ1v) is 7.58. The summed E-state index contributed by atoms with van der Waals surface area (Å²) in [6.07, 6.45) is 0. The van der Waals surface area contributed by atoms with E-state index in [1.54, 1.807) is 0 Å². The summed E-state index contributed by atoms with van der Waals surface area (Å²) in [6.45, 7) is -0.534. The highest BCUT2D eigenvalue weighted by atomic mass is 79.9. The van der Waals surface area contributed by atoms with Crippen molar-refractivity contribution in [1.29, 1.82) is 0 Å². The van der Waals surface area contributed by atoms with Gasteiger partial charge in [0.15, 0.2) is 22.1 Å². The first-order valence-electron chi connectivity index (χ1n) is 5.31. The number of rotatable bonds is 4. The van der Waals surface area contributed by atoms with Gasteiger partial charge in [0.1, 0.15) is 17.3 Å².